The second-order valence-electron chi connectivity index (χ2n) is 3.65. The van der Waals surface area contributed by atoms with Gasteiger partial charge in [0.25, 0.3) is 10.0 Å². The third-order valence-corrected chi connectivity index (χ3v) is 4.98. The molecule has 19 heavy (non-hydrogen) atoms. The molecule has 0 amide bonds. The van der Waals surface area contributed by atoms with Crippen molar-refractivity contribution in [2.75, 3.05) is 17.1 Å². The third kappa shape index (κ3) is 3.23. The van der Waals surface area contributed by atoms with Crippen molar-refractivity contribution >= 4 is 48.2 Å². The topological polar surface area (TPSA) is 84.0 Å². The largest absolute Gasteiger partial charge is 0.372 e. The van der Waals surface area contributed by atoms with Crippen LogP contribution in [0.2, 0.25) is 0 Å². The lowest BCUT2D eigenvalue weighted by atomic mass is 10.4. The Morgan fingerprint density at radius 2 is 2.16 bits per heavy atom. The molecule has 2 rings (SSSR count). The summed E-state index contributed by atoms with van der Waals surface area (Å²) in [7, 11) is -2.11. The van der Waals surface area contributed by atoms with Gasteiger partial charge in [-0.1, -0.05) is 0 Å². The number of nitrogens with zero attached hydrogens (tertiary/aromatic N) is 2. The summed E-state index contributed by atoms with van der Waals surface area (Å²) in [5.74, 6) is 0.281. The molecule has 0 bridgehead atoms. The first-order valence-corrected chi connectivity index (χ1v) is 8.36. The van der Waals surface area contributed by atoms with Crippen LogP contribution in [0.4, 0.5) is 10.9 Å². The van der Waals surface area contributed by atoms with Crippen LogP contribution in [0, 0.1) is 6.92 Å². The van der Waals surface area contributed by atoms with Gasteiger partial charge in [-0.3, -0.25) is 4.72 Å². The molecule has 2 aromatic rings. The minimum atomic E-state index is -3.72. The number of rotatable bonds is 4. The number of anilines is 2. The SMILES string of the molecule is CNc1ncc(Br)cc1S(=O)(=O)Nc1nc(C)cs1. The first kappa shape index (κ1) is 14.2. The number of aryl methyl sites for hydroxylation is 1. The Morgan fingerprint density at radius 3 is 2.74 bits per heavy atom. The molecule has 2 N–H and O–H groups in total. The maximum Gasteiger partial charge on any atom is 0.267 e. The number of aromatic nitrogens is 2. The van der Waals surface area contributed by atoms with E-state index in [0.29, 0.717) is 9.60 Å². The van der Waals surface area contributed by atoms with Crippen LogP contribution in [0.15, 0.2) is 27.0 Å². The lowest BCUT2D eigenvalue weighted by molar-refractivity contribution is 0.601. The molecule has 0 aliphatic carbocycles. The van der Waals surface area contributed by atoms with Gasteiger partial charge in [-0.15, -0.1) is 11.3 Å². The summed E-state index contributed by atoms with van der Waals surface area (Å²) in [5.41, 5.74) is 0.768. The van der Waals surface area contributed by atoms with Crippen molar-refractivity contribution in [1.29, 1.82) is 0 Å². The highest BCUT2D eigenvalue weighted by Crippen LogP contribution is 2.25. The molecule has 0 fully saturated rings. The van der Waals surface area contributed by atoms with E-state index in [4.69, 9.17) is 0 Å². The number of hydrogen-bond donors (Lipinski definition) is 2. The highest BCUT2D eigenvalue weighted by Gasteiger charge is 2.21. The van der Waals surface area contributed by atoms with Crippen molar-refractivity contribution in [2.24, 2.45) is 0 Å². The molecule has 2 heterocycles. The molecular weight excluding hydrogens is 352 g/mol. The Hall–Kier alpha value is -1.19. The Morgan fingerprint density at radius 1 is 1.42 bits per heavy atom. The second kappa shape index (κ2) is 5.43. The van der Waals surface area contributed by atoms with Gasteiger partial charge in [0.1, 0.15) is 10.7 Å². The van der Waals surface area contributed by atoms with Gasteiger partial charge < -0.3 is 5.32 Å². The molecule has 0 aliphatic heterocycles. The molecule has 0 radical (unpaired) electrons. The predicted molar refractivity (Wildman–Crippen MR) is 79.1 cm³/mol. The molecule has 6 nitrogen and oxygen atoms in total. The molecule has 102 valence electrons. The number of hydrogen-bond acceptors (Lipinski definition) is 6. The van der Waals surface area contributed by atoms with Crippen LogP contribution in [-0.4, -0.2) is 25.4 Å². The molecular formula is C10H11BrN4O2S2. The van der Waals surface area contributed by atoms with Gasteiger partial charge in [0.05, 0.1) is 5.69 Å². The zero-order valence-corrected chi connectivity index (χ0v) is 13.4. The Bertz CT molecular complexity index is 699. The lowest BCUT2D eigenvalue weighted by Crippen LogP contribution is -2.15. The van der Waals surface area contributed by atoms with E-state index >= 15 is 0 Å². The number of thiazole rings is 1. The summed E-state index contributed by atoms with van der Waals surface area (Å²) in [5, 5.41) is 4.86. The zero-order chi connectivity index (χ0) is 14.0. The van der Waals surface area contributed by atoms with E-state index in [1.165, 1.54) is 23.6 Å². The summed E-state index contributed by atoms with van der Waals surface area (Å²) >= 11 is 4.45. The molecule has 0 aromatic carbocycles. The second-order valence-corrected chi connectivity index (χ2v) is 7.07. The van der Waals surface area contributed by atoms with Crippen LogP contribution in [-0.2, 0) is 10.0 Å². The van der Waals surface area contributed by atoms with Crippen molar-refractivity contribution in [2.45, 2.75) is 11.8 Å². The molecule has 0 atom stereocenters. The van der Waals surface area contributed by atoms with Crippen LogP contribution in [0.25, 0.3) is 0 Å². The number of sulfonamides is 1. The average molecular weight is 363 g/mol. The smallest absolute Gasteiger partial charge is 0.267 e. The highest BCUT2D eigenvalue weighted by molar-refractivity contribution is 9.10. The van der Waals surface area contributed by atoms with E-state index in [1.54, 1.807) is 19.4 Å². The quantitative estimate of drug-likeness (QED) is 0.872. The fourth-order valence-corrected chi connectivity index (χ4v) is 4.00. The summed E-state index contributed by atoms with van der Waals surface area (Å²) in [6.45, 7) is 1.80. The van der Waals surface area contributed by atoms with Gasteiger partial charge in [-0.25, -0.2) is 18.4 Å². The lowest BCUT2D eigenvalue weighted by Gasteiger charge is -2.09. The summed E-state index contributed by atoms with van der Waals surface area (Å²) in [6.07, 6.45) is 1.53. The van der Waals surface area contributed by atoms with Crippen molar-refractivity contribution in [3.63, 3.8) is 0 Å². The number of nitrogens with one attached hydrogen (secondary N) is 2. The molecule has 0 unspecified atom stereocenters. The normalized spacial score (nSPS) is 11.3. The van der Waals surface area contributed by atoms with E-state index < -0.39 is 10.0 Å². The van der Waals surface area contributed by atoms with Gasteiger partial charge in [0.2, 0.25) is 0 Å². The Labute approximate surface area is 123 Å². The maximum absolute atomic E-state index is 12.3. The summed E-state index contributed by atoms with van der Waals surface area (Å²) in [6, 6.07) is 1.49. The predicted octanol–water partition coefficient (Wildman–Crippen LogP) is 2.45. The summed E-state index contributed by atoms with van der Waals surface area (Å²) in [4.78, 5) is 8.16. The zero-order valence-electron chi connectivity index (χ0n) is 10.1. The van der Waals surface area contributed by atoms with E-state index in [-0.39, 0.29) is 10.7 Å². The minimum Gasteiger partial charge on any atom is -0.372 e. The first-order valence-electron chi connectivity index (χ1n) is 5.20. The van der Waals surface area contributed by atoms with E-state index in [1.807, 2.05) is 0 Å². The third-order valence-electron chi connectivity index (χ3n) is 2.19. The van der Waals surface area contributed by atoms with Crippen molar-refractivity contribution in [1.82, 2.24) is 9.97 Å². The number of pyridine rings is 1. The average Bonchev–Trinajstić information content (AvgIpc) is 2.74. The molecule has 9 heteroatoms. The van der Waals surface area contributed by atoms with Gasteiger partial charge in [0, 0.05) is 23.1 Å². The maximum atomic E-state index is 12.3. The molecule has 2 aromatic heterocycles. The standard InChI is InChI=1S/C10H11BrN4O2S2/c1-6-5-18-10(14-6)15-19(16,17)8-3-7(11)4-13-9(8)12-2/h3-5H,1-2H3,(H,12,13)(H,14,15). The van der Waals surface area contributed by atoms with E-state index in [0.717, 1.165) is 5.69 Å². The van der Waals surface area contributed by atoms with Crippen molar-refractivity contribution < 1.29 is 8.42 Å². The molecule has 0 spiro atoms. The Kier molecular flexibility index (Phi) is 4.07. The monoisotopic (exact) mass is 362 g/mol. The van der Waals surface area contributed by atoms with Crippen LogP contribution in [0.5, 0.6) is 0 Å². The molecule has 0 saturated heterocycles. The van der Waals surface area contributed by atoms with Gasteiger partial charge in [-0.2, -0.15) is 0 Å². The fraction of sp³-hybridized carbons (Fsp3) is 0.200. The summed E-state index contributed by atoms with van der Waals surface area (Å²) < 4.78 is 27.6. The van der Waals surface area contributed by atoms with Gasteiger partial charge in [0.15, 0.2) is 5.13 Å². The van der Waals surface area contributed by atoms with Crippen LogP contribution in [0.3, 0.4) is 0 Å². The number of halogens is 1. The van der Waals surface area contributed by atoms with E-state index in [2.05, 4.69) is 35.9 Å². The van der Waals surface area contributed by atoms with Gasteiger partial charge >= 0.3 is 0 Å². The van der Waals surface area contributed by atoms with E-state index in [9.17, 15) is 8.42 Å². The van der Waals surface area contributed by atoms with Crippen molar-refractivity contribution in [3.8, 4) is 0 Å². The highest BCUT2D eigenvalue weighted by atomic mass is 79.9. The molecule has 0 saturated carbocycles. The fourth-order valence-electron chi connectivity index (χ4n) is 1.38. The van der Waals surface area contributed by atoms with Crippen LogP contribution >= 0.6 is 27.3 Å². The van der Waals surface area contributed by atoms with Crippen LogP contribution < -0.4 is 10.0 Å². The van der Waals surface area contributed by atoms with Crippen molar-refractivity contribution in [3.05, 3.63) is 27.8 Å². The first-order chi connectivity index (χ1) is 8.92. The van der Waals surface area contributed by atoms with Gasteiger partial charge in [-0.05, 0) is 28.9 Å². The van der Waals surface area contributed by atoms with Crippen LogP contribution in [0.1, 0.15) is 5.69 Å². The minimum absolute atomic E-state index is 0.0669. The Balaban J connectivity index is 2.41. The molecule has 0 aliphatic rings.